The number of amides is 1. The molecule has 3 unspecified atom stereocenters. The first-order valence-electron chi connectivity index (χ1n) is 7.76. The quantitative estimate of drug-likeness (QED) is 0.883. The number of aryl methyl sites for hydroxylation is 1. The molecule has 0 radical (unpaired) electrons. The van der Waals surface area contributed by atoms with Crippen LogP contribution < -0.4 is 11.1 Å². The van der Waals surface area contributed by atoms with Crippen LogP contribution in [0.5, 0.6) is 0 Å². The van der Waals surface area contributed by atoms with Crippen molar-refractivity contribution in [3.8, 4) is 0 Å². The summed E-state index contributed by atoms with van der Waals surface area (Å²) in [6, 6.07) is 4.54. The first-order valence-corrected chi connectivity index (χ1v) is 7.76. The van der Waals surface area contributed by atoms with Gasteiger partial charge >= 0.3 is 0 Å². The number of ether oxygens (including phenoxy) is 1. The average molecular weight is 306 g/mol. The first-order chi connectivity index (χ1) is 10.3. The van der Waals surface area contributed by atoms with Gasteiger partial charge in [-0.1, -0.05) is 13.8 Å². The Labute approximate surface area is 130 Å². The van der Waals surface area contributed by atoms with Gasteiger partial charge in [0.15, 0.2) is 0 Å². The van der Waals surface area contributed by atoms with E-state index in [2.05, 4.69) is 5.32 Å². The molecule has 1 saturated heterocycles. The second-order valence-electron chi connectivity index (χ2n) is 7.05. The van der Waals surface area contributed by atoms with Gasteiger partial charge in [0.25, 0.3) is 0 Å². The minimum absolute atomic E-state index is 0.0342. The number of nitrogens with two attached hydrogens (primary N) is 1. The van der Waals surface area contributed by atoms with Gasteiger partial charge in [0.1, 0.15) is 11.4 Å². The van der Waals surface area contributed by atoms with Gasteiger partial charge in [-0.2, -0.15) is 0 Å². The van der Waals surface area contributed by atoms with E-state index in [0.29, 0.717) is 11.3 Å². The average Bonchev–Trinajstić information content (AvgIpc) is 2.50. The molecule has 120 valence electrons. The highest BCUT2D eigenvalue weighted by atomic mass is 19.1. The summed E-state index contributed by atoms with van der Waals surface area (Å²) in [6.45, 7) is 6.37. The largest absolute Gasteiger partial charge is 0.377 e. The van der Waals surface area contributed by atoms with Crippen LogP contribution in [-0.2, 0) is 9.53 Å². The van der Waals surface area contributed by atoms with Crippen molar-refractivity contribution < 1.29 is 13.9 Å². The fraction of sp³-hybridized carbons (Fsp3) is 0.588. The summed E-state index contributed by atoms with van der Waals surface area (Å²) in [5, 5.41) is 2.85. The Balaban J connectivity index is 1.83. The van der Waals surface area contributed by atoms with Crippen molar-refractivity contribution in [3.05, 3.63) is 29.6 Å². The summed E-state index contributed by atoms with van der Waals surface area (Å²) in [7, 11) is 0. The van der Waals surface area contributed by atoms with Crippen molar-refractivity contribution >= 4 is 11.6 Å². The smallest absolute Gasteiger partial charge is 0.245 e. The third-order valence-electron chi connectivity index (χ3n) is 5.48. The van der Waals surface area contributed by atoms with Crippen LogP contribution in [0.2, 0.25) is 0 Å². The van der Waals surface area contributed by atoms with Crippen LogP contribution in [0.25, 0.3) is 0 Å². The van der Waals surface area contributed by atoms with Crippen LogP contribution in [0.3, 0.4) is 0 Å². The standard InChI is InChI=1S/C17H23FN2O2/c1-10-9-11(6-7-13(10)18)20-15(21)17(19)12-5-4-8-22-14(12)16(17,2)3/h6-7,9,12,14H,4-5,8,19H2,1-3H3,(H,20,21). The number of fused-ring (bicyclic) bond motifs is 1. The predicted octanol–water partition coefficient (Wildman–Crippen LogP) is 2.61. The third kappa shape index (κ3) is 1.99. The molecule has 1 aromatic rings. The molecule has 1 aliphatic heterocycles. The fourth-order valence-corrected chi connectivity index (χ4v) is 3.99. The van der Waals surface area contributed by atoms with Gasteiger partial charge in [-0.25, -0.2) is 4.39 Å². The Morgan fingerprint density at radius 3 is 2.86 bits per heavy atom. The van der Waals surface area contributed by atoms with Crippen molar-refractivity contribution in [2.45, 2.75) is 45.3 Å². The zero-order valence-corrected chi connectivity index (χ0v) is 13.3. The topological polar surface area (TPSA) is 64.4 Å². The molecule has 22 heavy (non-hydrogen) atoms. The van der Waals surface area contributed by atoms with Crippen molar-refractivity contribution in [1.29, 1.82) is 0 Å². The van der Waals surface area contributed by atoms with E-state index >= 15 is 0 Å². The molecule has 3 atom stereocenters. The number of carbonyl (C=O) groups is 1. The Morgan fingerprint density at radius 2 is 2.18 bits per heavy atom. The molecule has 1 aromatic carbocycles. The SMILES string of the molecule is Cc1cc(NC(=O)C2(N)C3CCCOC3C2(C)C)ccc1F. The molecule has 0 spiro atoms. The van der Waals surface area contributed by atoms with E-state index in [0.717, 1.165) is 19.4 Å². The van der Waals surface area contributed by atoms with Crippen molar-refractivity contribution in [2.75, 3.05) is 11.9 Å². The Bertz CT molecular complexity index is 617. The number of hydrogen-bond acceptors (Lipinski definition) is 3. The molecule has 1 saturated carbocycles. The van der Waals surface area contributed by atoms with Crippen LogP contribution in [0.4, 0.5) is 10.1 Å². The van der Waals surface area contributed by atoms with Crippen molar-refractivity contribution in [2.24, 2.45) is 17.1 Å². The van der Waals surface area contributed by atoms with E-state index in [1.807, 2.05) is 13.8 Å². The number of benzene rings is 1. The normalized spacial score (nSPS) is 32.8. The molecule has 3 N–H and O–H groups in total. The number of rotatable bonds is 2. The predicted molar refractivity (Wildman–Crippen MR) is 82.9 cm³/mol. The molecule has 5 heteroatoms. The van der Waals surface area contributed by atoms with E-state index in [9.17, 15) is 9.18 Å². The molecule has 2 aliphatic rings. The van der Waals surface area contributed by atoms with Gasteiger partial charge in [0.2, 0.25) is 5.91 Å². The first kappa shape index (κ1) is 15.4. The van der Waals surface area contributed by atoms with Crippen LogP contribution in [0, 0.1) is 24.1 Å². The molecule has 0 aromatic heterocycles. The molecule has 2 fully saturated rings. The number of halogens is 1. The monoisotopic (exact) mass is 306 g/mol. The van der Waals surface area contributed by atoms with E-state index in [-0.39, 0.29) is 23.7 Å². The summed E-state index contributed by atoms with van der Waals surface area (Å²) in [4.78, 5) is 12.8. The van der Waals surface area contributed by atoms with Gasteiger partial charge in [0.05, 0.1) is 6.10 Å². The highest BCUT2D eigenvalue weighted by molar-refractivity contribution is 6.00. The number of hydrogen-bond donors (Lipinski definition) is 2. The van der Waals surface area contributed by atoms with Gasteiger partial charge in [-0.05, 0) is 43.5 Å². The molecule has 1 aliphatic carbocycles. The van der Waals surface area contributed by atoms with Crippen LogP contribution in [0.1, 0.15) is 32.3 Å². The van der Waals surface area contributed by atoms with Crippen molar-refractivity contribution in [1.82, 2.24) is 0 Å². The highest BCUT2D eigenvalue weighted by Crippen LogP contribution is 2.57. The second kappa shape index (κ2) is 5.03. The maximum atomic E-state index is 13.3. The molecule has 1 heterocycles. The summed E-state index contributed by atoms with van der Waals surface area (Å²) in [6.07, 6.45) is 1.87. The molecule has 1 amide bonds. The highest BCUT2D eigenvalue weighted by Gasteiger charge is 2.70. The molecule has 4 nitrogen and oxygen atoms in total. The zero-order chi connectivity index (χ0) is 16.1. The lowest BCUT2D eigenvalue weighted by atomic mass is 9.46. The number of anilines is 1. The van der Waals surface area contributed by atoms with E-state index in [4.69, 9.17) is 10.5 Å². The van der Waals surface area contributed by atoms with Crippen molar-refractivity contribution in [3.63, 3.8) is 0 Å². The molecular formula is C17H23FN2O2. The Kier molecular flexibility index (Phi) is 3.53. The van der Waals surface area contributed by atoms with Gasteiger partial charge in [-0.3, -0.25) is 4.79 Å². The van der Waals surface area contributed by atoms with Crippen LogP contribution >= 0.6 is 0 Å². The maximum Gasteiger partial charge on any atom is 0.245 e. The summed E-state index contributed by atoms with van der Waals surface area (Å²) < 4.78 is 19.2. The molecule has 3 rings (SSSR count). The maximum absolute atomic E-state index is 13.3. The lowest BCUT2D eigenvalue weighted by molar-refractivity contribution is -0.222. The Morgan fingerprint density at radius 1 is 1.45 bits per heavy atom. The fourth-order valence-electron chi connectivity index (χ4n) is 3.99. The van der Waals surface area contributed by atoms with Crippen LogP contribution in [-0.4, -0.2) is 24.2 Å². The van der Waals surface area contributed by atoms with Gasteiger partial charge < -0.3 is 15.8 Å². The zero-order valence-electron chi connectivity index (χ0n) is 13.3. The van der Waals surface area contributed by atoms with Gasteiger partial charge in [0, 0.05) is 23.6 Å². The lowest BCUT2D eigenvalue weighted by Gasteiger charge is -2.65. The third-order valence-corrected chi connectivity index (χ3v) is 5.48. The minimum atomic E-state index is -0.958. The van der Waals surface area contributed by atoms with E-state index < -0.39 is 11.0 Å². The van der Waals surface area contributed by atoms with Crippen LogP contribution in [0.15, 0.2) is 18.2 Å². The molecule has 0 bridgehead atoms. The summed E-state index contributed by atoms with van der Waals surface area (Å²) in [5.41, 5.74) is 6.22. The van der Waals surface area contributed by atoms with Gasteiger partial charge in [-0.15, -0.1) is 0 Å². The molecular weight excluding hydrogens is 283 g/mol. The second-order valence-corrected chi connectivity index (χ2v) is 7.05. The minimum Gasteiger partial charge on any atom is -0.377 e. The van der Waals surface area contributed by atoms with E-state index in [1.54, 1.807) is 19.1 Å². The van der Waals surface area contributed by atoms with E-state index in [1.165, 1.54) is 6.07 Å². The number of nitrogens with one attached hydrogen (secondary N) is 1. The summed E-state index contributed by atoms with van der Waals surface area (Å²) >= 11 is 0. The lowest BCUT2D eigenvalue weighted by Crippen LogP contribution is -2.81. The Hall–Kier alpha value is -1.46. The summed E-state index contributed by atoms with van der Waals surface area (Å²) in [5.74, 6) is -0.460. The number of carbonyl (C=O) groups excluding carboxylic acids is 1.